The molecule has 2 aromatic carbocycles. The molecule has 1 heterocycles. The van der Waals surface area contributed by atoms with Crippen molar-refractivity contribution < 1.29 is 19.4 Å². The zero-order valence-corrected chi connectivity index (χ0v) is 18.5. The third kappa shape index (κ3) is 4.88. The Morgan fingerprint density at radius 2 is 2.00 bits per heavy atom. The summed E-state index contributed by atoms with van der Waals surface area (Å²) in [5, 5.41) is 9.97. The Labute approximate surface area is 183 Å². The number of hydrogen-bond acceptors (Lipinski definition) is 3. The van der Waals surface area contributed by atoms with Crippen molar-refractivity contribution in [3.63, 3.8) is 0 Å². The van der Waals surface area contributed by atoms with E-state index < -0.39 is 5.97 Å². The zero-order chi connectivity index (χ0) is 21.8. The fourth-order valence-corrected chi connectivity index (χ4v) is 4.58. The number of hydrogen-bond donors (Lipinski definition) is 1. The van der Waals surface area contributed by atoms with Crippen LogP contribution in [-0.2, 0) is 16.0 Å². The molecule has 0 radical (unpaired) electrons. The van der Waals surface area contributed by atoms with Crippen LogP contribution in [0.3, 0.4) is 0 Å². The molecular weight excluding hydrogens is 400 g/mol. The van der Waals surface area contributed by atoms with Gasteiger partial charge < -0.3 is 14.6 Å². The van der Waals surface area contributed by atoms with Crippen molar-refractivity contribution in [2.24, 2.45) is 5.92 Å². The van der Waals surface area contributed by atoms with E-state index >= 15 is 0 Å². The molecule has 0 amide bonds. The van der Waals surface area contributed by atoms with Crippen LogP contribution >= 0.6 is 11.6 Å². The molecule has 0 aliphatic carbocycles. The lowest BCUT2D eigenvalue weighted by molar-refractivity contribution is -0.136. The van der Waals surface area contributed by atoms with E-state index in [4.69, 9.17) is 21.1 Å². The van der Waals surface area contributed by atoms with Crippen molar-refractivity contribution in [2.75, 3.05) is 6.61 Å². The molecule has 1 aliphatic heterocycles. The van der Waals surface area contributed by atoms with Crippen molar-refractivity contribution in [3.05, 3.63) is 76.3 Å². The van der Waals surface area contributed by atoms with Gasteiger partial charge in [0, 0.05) is 22.4 Å². The minimum Gasteiger partial charge on any atom is -0.493 e. The van der Waals surface area contributed by atoms with Crippen LogP contribution in [-0.4, -0.2) is 23.8 Å². The summed E-state index contributed by atoms with van der Waals surface area (Å²) in [5.74, 6) is 0.0701. The van der Waals surface area contributed by atoms with Gasteiger partial charge in [0.05, 0.1) is 25.2 Å². The second-order valence-electron chi connectivity index (χ2n) is 7.95. The van der Waals surface area contributed by atoms with E-state index in [1.165, 1.54) is 0 Å². The maximum Gasteiger partial charge on any atom is 0.307 e. The van der Waals surface area contributed by atoms with Gasteiger partial charge in [-0.3, -0.25) is 4.79 Å². The van der Waals surface area contributed by atoms with Crippen LogP contribution in [0.5, 0.6) is 5.75 Å². The summed E-state index contributed by atoms with van der Waals surface area (Å²) < 4.78 is 12.4. The molecule has 0 saturated carbocycles. The number of benzene rings is 2. The summed E-state index contributed by atoms with van der Waals surface area (Å²) in [6.07, 6.45) is 0.482. The van der Waals surface area contributed by atoms with E-state index in [0.717, 1.165) is 39.5 Å². The molecule has 4 atom stereocenters. The highest BCUT2D eigenvalue weighted by Crippen LogP contribution is 2.49. The average molecular weight is 429 g/mol. The van der Waals surface area contributed by atoms with Crippen LogP contribution in [0.4, 0.5) is 0 Å². The van der Waals surface area contributed by atoms with Crippen molar-refractivity contribution in [2.45, 2.75) is 51.7 Å². The first kappa shape index (κ1) is 22.4. The van der Waals surface area contributed by atoms with Gasteiger partial charge in [-0.2, -0.15) is 0 Å². The van der Waals surface area contributed by atoms with Gasteiger partial charge in [0.15, 0.2) is 0 Å². The van der Waals surface area contributed by atoms with Gasteiger partial charge in [0.1, 0.15) is 5.75 Å². The van der Waals surface area contributed by atoms with Crippen LogP contribution in [0, 0.1) is 5.92 Å². The highest BCUT2D eigenvalue weighted by molar-refractivity contribution is 6.31. The van der Waals surface area contributed by atoms with Crippen LogP contribution in [0.15, 0.2) is 54.6 Å². The topological polar surface area (TPSA) is 55.8 Å². The lowest BCUT2D eigenvalue weighted by Gasteiger charge is -2.42. The lowest BCUT2D eigenvalue weighted by atomic mass is 9.75. The molecule has 2 aromatic rings. The summed E-state index contributed by atoms with van der Waals surface area (Å²) in [6.45, 7) is 10.8. The van der Waals surface area contributed by atoms with Gasteiger partial charge in [-0.05, 0) is 56.5 Å². The quantitative estimate of drug-likeness (QED) is 0.534. The highest BCUT2D eigenvalue weighted by Gasteiger charge is 2.39. The molecule has 160 valence electrons. The summed E-state index contributed by atoms with van der Waals surface area (Å²) >= 11 is 6.49. The van der Waals surface area contributed by atoms with Gasteiger partial charge in [-0.15, -0.1) is 0 Å². The molecule has 0 spiro atoms. The van der Waals surface area contributed by atoms with E-state index in [0.29, 0.717) is 6.61 Å². The standard InChI is InChI=1S/C25H29ClO4/c1-5-29-23-11-10-17(13-24(27)28)12-21(23)25-19(15(2)3)14-20(16(4)30-25)18-8-6-7-9-22(18)26/h6-12,16,19-20,25H,2,5,13-14H2,1,3-4H3,(H,27,28)/t16-,19+,20+,25-/m0/s1. The third-order valence-corrected chi connectivity index (χ3v) is 6.12. The van der Waals surface area contributed by atoms with Crippen molar-refractivity contribution >= 4 is 17.6 Å². The number of carboxylic acid groups (broad SMARTS) is 1. The van der Waals surface area contributed by atoms with Gasteiger partial charge in [-0.1, -0.05) is 48.0 Å². The maximum atomic E-state index is 11.2. The van der Waals surface area contributed by atoms with E-state index in [1.54, 1.807) is 6.07 Å². The molecule has 1 saturated heterocycles. The second kappa shape index (κ2) is 9.67. The molecule has 0 aromatic heterocycles. The smallest absolute Gasteiger partial charge is 0.307 e. The number of halogens is 1. The van der Waals surface area contributed by atoms with Crippen LogP contribution < -0.4 is 4.74 Å². The maximum absolute atomic E-state index is 11.2. The molecule has 3 rings (SSSR count). The third-order valence-electron chi connectivity index (χ3n) is 5.77. The van der Waals surface area contributed by atoms with Crippen LogP contribution in [0.1, 0.15) is 55.9 Å². The van der Waals surface area contributed by atoms with E-state index in [-0.39, 0.29) is 30.5 Å². The summed E-state index contributed by atoms with van der Waals surface area (Å²) in [6, 6.07) is 13.5. The number of ether oxygens (including phenoxy) is 2. The Bertz CT molecular complexity index is 923. The zero-order valence-electron chi connectivity index (χ0n) is 17.7. The molecule has 1 aliphatic rings. The molecular formula is C25H29ClO4. The monoisotopic (exact) mass is 428 g/mol. The van der Waals surface area contributed by atoms with Crippen LogP contribution in [0.25, 0.3) is 0 Å². The Morgan fingerprint density at radius 1 is 1.27 bits per heavy atom. The van der Waals surface area contributed by atoms with E-state index in [2.05, 4.69) is 19.6 Å². The molecule has 0 unspecified atom stereocenters. The Balaban J connectivity index is 2.00. The fourth-order valence-electron chi connectivity index (χ4n) is 4.31. The summed E-state index contributed by atoms with van der Waals surface area (Å²) in [5.41, 5.74) is 3.72. The Morgan fingerprint density at radius 3 is 2.63 bits per heavy atom. The second-order valence-corrected chi connectivity index (χ2v) is 8.36. The molecule has 0 bridgehead atoms. The van der Waals surface area contributed by atoms with Gasteiger partial charge in [0.25, 0.3) is 0 Å². The first-order valence-electron chi connectivity index (χ1n) is 10.3. The predicted molar refractivity (Wildman–Crippen MR) is 119 cm³/mol. The lowest BCUT2D eigenvalue weighted by Crippen LogP contribution is -2.34. The largest absolute Gasteiger partial charge is 0.493 e. The summed E-state index contributed by atoms with van der Waals surface area (Å²) in [7, 11) is 0. The summed E-state index contributed by atoms with van der Waals surface area (Å²) in [4.78, 5) is 11.2. The Hall–Kier alpha value is -2.30. The molecule has 1 N–H and O–H groups in total. The number of carboxylic acids is 1. The normalized spacial score (nSPS) is 23.7. The van der Waals surface area contributed by atoms with E-state index in [9.17, 15) is 9.90 Å². The molecule has 30 heavy (non-hydrogen) atoms. The number of rotatable bonds is 7. The minimum absolute atomic E-state index is 0.0400. The van der Waals surface area contributed by atoms with Gasteiger partial charge >= 0.3 is 5.97 Å². The Kier molecular flexibility index (Phi) is 7.22. The van der Waals surface area contributed by atoms with Crippen molar-refractivity contribution in [1.29, 1.82) is 0 Å². The molecule has 1 fully saturated rings. The van der Waals surface area contributed by atoms with Crippen molar-refractivity contribution in [3.8, 4) is 5.75 Å². The van der Waals surface area contributed by atoms with Crippen LogP contribution in [0.2, 0.25) is 5.02 Å². The van der Waals surface area contributed by atoms with Crippen molar-refractivity contribution in [1.82, 2.24) is 0 Å². The van der Waals surface area contributed by atoms with E-state index in [1.807, 2.05) is 44.2 Å². The number of carbonyl (C=O) groups is 1. The highest BCUT2D eigenvalue weighted by atomic mass is 35.5. The first-order valence-corrected chi connectivity index (χ1v) is 10.7. The minimum atomic E-state index is -0.863. The fraction of sp³-hybridized carbons (Fsp3) is 0.400. The number of aliphatic carboxylic acids is 1. The SMILES string of the molecule is C=C(C)[C@H]1C[C@@H](c2ccccc2Cl)[C@H](C)O[C@@H]1c1cc(CC(=O)O)ccc1OCC. The molecule has 4 nitrogen and oxygen atoms in total. The van der Waals surface area contributed by atoms with Gasteiger partial charge in [-0.25, -0.2) is 0 Å². The first-order chi connectivity index (χ1) is 14.3. The van der Waals surface area contributed by atoms with Gasteiger partial charge in [0.2, 0.25) is 0 Å². The average Bonchev–Trinajstić information content (AvgIpc) is 2.69. The molecule has 5 heteroatoms. The predicted octanol–water partition coefficient (Wildman–Crippen LogP) is 6.19.